The highest BCUT2D eigenvalue weighted by Gasteiger charge is 2.52. The highest BCUT2D eigenvalue weighted by Crippen LogP contribution is 2.50. The molecular formula is C24H22Cl2INO2. The van der Waals surface area contributed by atoms with Gasteiger partial charge in [0, 0.05) is 28.1 Å². The van der Waals surface area contributed by atoms with Crippen LogP contribution in [0.15, 0.2) is 48.0 Å². The number of halogens is 3. The molecule has 30 heavy (non-hydrogen) atoms. The second-order valence-corrected chi connectivity index (χ2v) is 10.5. The van der Waals surface area contributed by atoms with Gasteiger partial charge in [0.2, 0.25) is 0 Å². The molecule has 156 valence electrons. The fourth-order valence-electron chi connectivity index (χ4n) is 5.45. The van der Waals surface area contributed by atoms with Crippen molar-refractivity contribution in [1.29, 1.82) is 0 Å². The third-order valence-corrected chi connectivity index (χ3v) is 8.31. The van der Waals surface area contributed by atoms with Gasteiger partial charge in [-0.15, -0.1) is 0 Å². The lowest BCUT2D eigenvalue weighted by Gasteiger charge is -2.51. The SMILES string of the molecule is O=C(OCC1C2CC3CCC1N3C/C2=C\c1ccc(Cl)c(Cl)c1)c1ccc(I)cc1. The van der Waals surface area contributed by atoms with Crippen molar-refractivity contribution in [2.24, 2.45) is 11.8 Å². The van der Waals surface area contributed by atoms with E-state index in [1.54, 1.807) is 0 Å². The van der Waals surface area contributed by atoms with Crippen LogP contribution in [-0.4, -0.2) is 36.1 Å². The van der Waals surface area contributed by atoms with Gasteiger partial charge in [0.05, 0.1) is 22.2 Å². The normalized spacial score (nSPS) is 30.6. The second kappa shape index (κ2) is 8.45. The van der Waals surface area contributed by atoms with Crippen molar-refractivity contribution in [3.63, 3.8) is 0 Å². The summed E-state index contributed by atoms with van der Waals surface area (Å²) in [7, 11) is 0. The predicted octanol–water partition coefficient (Wildman–Crippen LogP) is 6.32. The number of benzene rings is 2. The van der Waals surface area contributed by atoms with Gasteiger partial charge in [-0.3, -0.25) is 4.90 Å². The molecule has 5 atom stereocenters. The maximum absolute atomic E-state index is 12.6. The molecule has 6 heteroatoms. The Morgan fingerprint density at radius 1 is 1.13 bits per heavy atom. The molecule has 3 nitrogen and oxygen atoms in total. The van der Waals surface area contributed by atoms with E-state index in [2.05, 4.69) is 33.6 Å². The van der Waals surface area contributed by atoms with E-state index in [0.29, 0.717) is 46.1 Å². The summed E-state index contributed by atoms with van der Waals surface area (Å²) in [6.45, 7) is 1.48. The van der Waals surface area contributed by atoms with Crippen molar-refractivity contribution >= 4 is 57.8 Å². The summed E-state index contributed by atoms with van der Waals surface area (Å²) >= 11 is 14.5. The number of rotatable bonds is 4. The van der Waals surface area contributed by atoms with Crippen LogP contribution in [0.2, 0.25) is 10.0 Å². The van der Waals surface area contributed by atoms with Crippen molar-refractivity contribution < 1.29 is 9.53 Å². The molecule has 4 aliphatic heterocycles. The van der Waals surface area contributed by atoms with E-state index in [1.165, 1.54) is 18.4 Å². The van der Waals surface area contributed by atoms with Crippen LogP contribution in [0.1, 0.15) is 35.2 Å². The molecule has 0 aliphatic carbocycles. The highest BCUT2D eigenvalue weighted by molar-refractivity contribution is 14.1. The van der Waals surface area contributed by atoms with Crippen LogP contribution in [0.25, 0.3) is 6.08 Å². The molecule has 4 bridgehead atoms. The standard InChI is InChI=1S/C24H22Cl2INO2/c25-21-7-1-14(10-22(21)26)9-16-12-28-18-6-8-23(28)20(19(16)11-18)13-30-24(29)15-2-4-17(27)5-3-15/h1-5,7,9-10,18-20,23H,6,8,11-13H2/b16-9+. The van der Waals surface area contributed by atoms with Crippen LogP contribution in [0.5, 0.6) is 0 Å². The minimum Gasteiger partial charge on any atom is -0.462 e. The van der Waals surface area contributed by atoms with Gasteiger partial charge in [0.1, 0.15) is 0 Å². The van der Waals surface area contributed by atoms with Gasteiger partial charge in [0.25, 0.3) is 0 Å². The second-order valence-electron chi connectivity index (χ2n) is 8.48. The number of ether oxygens (including phenoxy) is 1. The molecule has 5 unspecified atom stereocenters. The van der Waals surface area contributed by atoms with Crippen LogP contribution in [0, 0.1) is 15.4 Å². The van der Waals surface area contributed by atoms with E-state index in [9.17, 15) is 4.79 Å². The van der Waals surface area contributed by atoms with Crippen LogP contribution in [0.3, 0.4) is 0 Å². The zero-order valence-corrected chi connectivity index (χ0v) is 20.0. The smallest absolute Gasteiger partial charge is 0.338 e. The molecule has 4 saturated heterocycles. The zero-order valence-electron chi connectivity index (χ0n) is 16.4. The number of hydrogen-bond donors (Lipinski definition) is 0. The van der Waals surface area contributed by atoms with E-state index in [1.807, 2.05) is 42.5 Å². The number of hydrogen-bond acceptors (Lipinski definition) is 3. The Balaban J connectivity index is 1.35. The van der Waals surface area contributed by atoms with Crippen molar-refractivity contribution in [2.75, 3.05) is 13.2 Å². The number of esters is 1. The maximum Gasteiger partial charge on any atom is 0.338 e. The monoisotopic (exact) mass is 553 g/mol. The van der Waals surface area contributed by atoms with Crippen molar-refractivity contribution in [2.45, 2.75) is 31.3 Å². The lowest BCUT2D eigenvalue weighted by Crippen LogP contribution is -2.57. The first-order chi connectivity index (χ1) is 14.5. The summed E-state index contributed by atoms with van der Waals surface area (Å²) in [6.07, 6.45) is 5.86. The van der Waals surface area contributed by atoms with E-state index >= 15 is 0 Å². The molecule has 4 fully saturated rings. The lowest BCUT2D eigenvalue weighted by molar-refractivity contribution is -0.0150. The van der Waals surface area contributed by atoms with Gasteiger partial charge < -0.3 is 4.74 Å². The third kappa shape index (κ3) is 3.92. The van der Waals surface area contributed by atoms with E-state index < -0.39 is 0 Å². The van der Waals surface area contributed by atoms with Crippen molar-refractivity contribution in [1.82, 2.24) is 4.90 Å². The van der Waals surface area contributed by atoms with E-state index in [4.69, 9.17) is 27.9 Å². The Kier molecular flexibility index (Phi) is 5.86. The van der Waals surface area contributed by atoms with Gasteiger partial charge in [-0.05, 0) is 89.7 Å². The molecule has 0 aromatic heterocycles. The summed E-state index contributed by atoms with van der Waals surface area (Å²) in [4.78, 5) is 15.2. The van der Waals surface area contributed by atoms with Gasteiger partial charge in [0.15, 0.2) is 0 Å². The maximum atomic E-state index is 12.6. The quantitative estimate of drug-likeness (QED) is 0.328. The molecule has 0 N–H and O–H groups in total. The Bertz CT molecular complexity index is 1010. The van der Waals surface area contributed by atoms with E-state index in [-0.39, 0.29) is 5.97 Å². The fourth-order valence-corrected chi connectivity index (χ4v) is 6.12. The Labute approximate surface area is 200 Å². The van der Waals surface area contributed by atoms with Crippen molar-refractivity contribution in [3.05, 3.63) is 72.8 Å². The first kappa shape index (κ1) is 20.8. The molecular weight excluding hydrogens is 532 g/mol. The molecule has 0 amide bonds. The Hall–Kier alpha value is -1.08. The highest BCUT2D eigenvalue weighted by atomic mass is 127. The summed E-state index contributed by atoms with van der Waals surface area (Å²) in [5, 5.41) is 1.15. The zero-order chi connectivity index (χ0) is 20.8. The van der Waals surface area contributed by atoms with Gasteiger partial charge >= 0.3 is 5.97 Å². The molecule has 0 saturated carbocycles. The molecule has 2 aromatic rings. The molecule has 0 spiro atoms. The summed E-state index contributed by atoms with van der Waals surface area (Å²) < 4.78 is 6.92. The largest absolute Gasteiger partial charge is 0.462 e. The fraction of sp³-hybridized carbons (Fsp3) is 0.375. The van der Waals surface area contributed by atoms with Crippen LogP contribution >= 0.6 is 45.8 Å². The first-order valence-electron chi connectivity index (χ1n) is 10.3. The molecule has 4 heterocycles. The number of nitrogens with zero attached hydrogens (tertiary/aromatic N) is 1. The third-order valence-electron chi connectivity index (χ3n) is 6.85. The summed E-state index contributed by atoms with van der Waals surface area (Å²) in [5.74, 6) is 0.568. The van der Waals surface area contributed by atoms with Gasteiger partial charge in [-0.25, -0.2) is 4.79 Å². The van der Waals surface area contributed by atoms with Gasteiger partial charge in [-0.2, -0.15) is 0 Å². The number of piperidine rings is 3. The molecule has 4 aliphatic rings. The van der Waals surface area contributed by atoms with Crippen LogP contribution in [-0.2, 0) is 4.74 Å². The molecule has 0 radical (unpaired) electrons. The minimum absolute atomic E-state index is 0.229. The number of carbonyl (C=O) groups is 1. The van der Waals surface area contributed by atoms with Crippen molar-refractivity contribution in [3.8, 4) is 0 Å². The average Bonchev–Trinajstić information content (AvgIpc) is 3.06. The van der Waals surface area contributed by atoms with Crippen LogP contribution in [0.4, 0.5) is 0 Å². The predicted molar refractivity (Wildman–Crippen MR) is 129 cm³/mol. The van der Waals surface area contributed by atoms with Crippen LogP contribution < -0.4 is 0 Å². The summed E-state index contributed by atoms with van der Waals surface area (Å²) in [5.41, 5.74) is 3.11. The number of carbonyl (C=O) groups excluding carboxylic acids is 1. The average molecular weight is 554 g/mol. The Morgan fingerprint density at radius 2 is 1.93 bits per heavy atom. The number of fused-ring (bicyclic) bond motifs is 1. The topological polar surface area (TPSA) is 29.5 Å². The first-order valence-corrected chi connectivity index (χ1v) is 12.2. The lowest BCUT2D eigenvalue weighted by atomic mass is 9.71. The Morgan fingerprint density at radius 3 is 2.70 bits per heavy atom. The van der Waals surface area contributed by atoms with Gasteiger partial charge in [-0.1, -0.05) is 40.9 Å². The minimum atomic E-state index is -0.229. The molecule has 6 rings (SSSR count). The van der Waals surface area contributed by atoms with E-state index in [0.717, 1.165) is 22.1 Å². The summed E-state index contributed by atoms with van der Waals surface area (Å²) in [6, 6.07) is 14.5. The molecule has 2 aromatic carbocycles.